The van der Waals surface area contributed by atoms with Crippen LogP contribution in [0.2, 0.25) is 0 Å². The van der Waals surface area contributed by atoms with Crippen LogP contribution in [0.5, 0.6) is 0 Å². The number of aliphatic hydroxyl groups is 1. The fourth-order valence-corrected chi connectivity index (χ4v) is 2.82. The molecule has 0 heterocycles. The Balaban J connectivity index is 2.22. The number of carbonyl (C=O) groups is 1. The second-order valence-electron chi connectivity index (χ2n) is 5.14. The molecule has 0 bridgehead atoms. The van der Waals surface area contributed by atoms with Crippen molar-refractivity contribution in [1.82, 2.24) is 0 Å². The lowest BCUT2D eigenvalue weighted by atomic mass is 9.76. The van der Waals surface area contributed by atoms with Gasteiger partial charge in [0, 0.05) is 6.42 Å². The molecule has 0 amide bonds. The summed E-state index contributed by atoms with van der Waals surface area (Å²) in [5.74, 6) is 0.888. The summed E-state index contributed by atoms with van der Waals surface area (Å²) in [6, 6.07) is 0. The van der Waals surface area contributed by atoms with Crippen LogP contribution < -0.4 is 0 Å². The second-order valence-corrected chi connectivity index (χ2v) is 5.14. The fourth-order valence-electron chi connectivity index (χ4n) is 2.82. The summed E-state index contributed by atoms with van der Waals surface area (Å²) in [6.45, 7) is 4.46. The number of hydrogen-bond donors (Lipinski definition) is 1. The van der Waals surface area contributed by atoms with E-state index in [4.69, 9.17) is 4.74 Å². The summed E-state index contributed by atoms with van der Waals surface area (Å²) in [5, 5.41) is 10.0. The van der Waals surface area contributed by atoms with E-state index >= 15 is 0 Å². The molecule has 0 aromatic heterocycles. The van der Waals surface area contributed by atoms with Crippen LogP contribution in [0.3, 0.4) is 0 Å². The van der Waals surface area contributed by atoms with Crippen molar-refractivity contribution in [3.05, 3.63) is 0 Å². The maximum Gasteiger partial charge on any atom is 0.305 e. The van der Waals surface area contributed by atoms with Gasteiger partial charge in [-0.05, 0) is 50.9 Å². The van der Waals surface area contributed by atoms with Gasteiger partial charge in [-0.15, -0.1) is 0 Å². The van der Waals surface area contributed by atoms with Crippen molar-refractivity contribution in [1.29, 1.82) is 0 Å². The molecule has 1 aliphatic carbocycles. The Hall–Kier alpha value is -0.570. The smallest absolute Gasteiger partial charge is 0.305 e. The molecule has 3 heteroatoms. The lowest BCUT2D eigenvalue weighted by molar-refractivity contribution is -0.143. The predicted molar refractivity (Wildman–Crippen MR) is 67.6 cm³/mol. The molecule has 1 saturated carbocycles. The first-order valence-electron chi connectivity index (χ1n) is 7.01. The molecule has 0 aromatic carbocycles. The van der Waals surface area contributed by atoms with Crippen molar-refractivity contribution >= 4 is 5.97 Å². The zero-order valence-corrected chi connectivity index (χ0v) is 11.2. The Morgan fingerprint density at radius 3 is 2.65 bits per heavy atom. The van der Waals surface area contributed by atoms with Gasteiger partial charge in [0.25, 0.3) is 0 Å². The maximum absolute atomic E-state index is 11.2. The first kappa shape index (κ1) is 14.5. The minimum absolute atomic E-state index is 0.0994. The minimum atomic E-state index is -0.157. The van der Waals surface area contributed by atoms with E-state index < -0.39 is 0 Å². The van der Waals surface area contributed by atoms with Crippen LogP contribution in [-0.2, 0) is 9.53 Å². The van der Waals surface area contributed by atoms with Crippen molar-refractivity contribution in [3.63, 3.8) is 0 Å². The summed E-state index contributed by atoms with van der Waals surface area (Å²) >= 11 is 0. The molecule has 1 aliphatic rings. The Morgan fingerprint density at radius 1 is 1.29 bits per heavy atom. The van der Waals surface area contributed by atoms with Crippen LogP contribution >= 0.6 is 0 Å². The Labute approximate surface area is 105 Å². The van der Waals surface area contributed by atoms with Crippen molar-refractivity contribution in [2.75, 3.05) is 6.61 Å². The van der Waals surface area contributed by atoms with Gasteiger partial charge in [0.2, 0.25) is 0 Å². The minimum Gasteiger partial charge on any atom is -0.466 e. The summed E-state index contributed by atoms with van der Waals surface area (Å²) in [5.41, 5.74) is 0. The third kappa shape index (κ3) is 5.07. The first-order valence-corrected chi connectivity index (χ1v) is 7.01. The van der Waals surface area contributed by atoms with E-state index in [0.29, 0.717) is 24.9 Å². The van der Waals surface area contributed by atoms with Gasteiger partial charge in [-0.25, -0.2) is 0 Å². The largest absolute Gasteiger partial charge is 0.466 e. The fraction of sp³-hybridized carbons (Fsp3) is 0.929. The molecule has 1 rings (SSSR count). The highest BCUT2D eigenvalue weighted by molar-refractivity contribution is 5.69. The lowest BCUT2D eigenvalue weighted by Crippen LogP contribution is -2.29. The molecule has 17 heavy (non-hydrogen) atoms. The second kappa shape index (κ2) is 7.70. The van der Waals surface area contributed by atoms with E-state index in [2.05, 4.69) is 6.92 Å². The molecule has 0 spiro atoms. The highest BCUT2D eigenvalue weighted by Crippen LogP contribution is 2.34. The molecule has 0 aliphatic heterocycles. The van der Waals surface area contributed by atoms with Crippen LogP contribution in [0, 0.1) is 11.8 Å². The van der Waals surface area contributed by atoms with Gasteiger partial charge in [-0.1, -0.05) is 13.3 Å². The molecule has 0 aromatic rings. The van der Waals surface area contributed by atoms with E-state index in [0.717, 1.165) is 38.5 Å². The zero-order chi connectivity index (χ0) is 12.7. The molecule has 3 nitrogen and oxygen atoms in total. The molecule has 1 fully saturated rings. The summed E-state index contributed by atoms with van der Waals surface area (Å²) in [6.07, 6.45) is 6.63. The van der Waals surface area contributed by atoms with Gasteiger partial charge in [-0.3, -0.25) is 4.79 Å². The van der Waals surface area contributed by atoms with Crippen molar-refractivity contribution in [3.8, 4) is 0 Å². The average molecular weight is 242 g/mol. The lowest BCUT2D eigenvalue weighted by Gasteiger charge is -2.33. The summed E-state index contributed by atoms with van der Waals surface area (Å²) in [4.78, 5) is 11.2. The molecule has 0 radical (unpaired) electrons. The van der Waals surface area contributed by atoms with Crippen LogP contribution in [0.25, 0.3) is 0 Å². The standard InChI is InChI=1S/C14H26O3/c1-3-5-12-8-6-11(10-13(12)15)7-9-14(16)17-4-2/h11-13,15H,3-10H2,1-2H3. The van der Waals surface area contributed by atoms with Crippen molar-refractivity contribution < 1.29 is 14.6 Å². The topological polar surface area (TPSA) is 46.5 Å². The van der Waals surface area contributed by atoms with Crippen LogP contribution in [0.4, 0.5) is 0 Å². The number of aliphatic hydroxyl groups excluding tert-OH is 1. The van der Waals surface area contributed by atoms with Gasteiger partial charge < -0.3 is 9.84 Å². The molecule has 0 saturated heterocycles. The van der Waals surface area contributed by atoms with Crippen molar-refractivity contribution in [2.45, 2.75) is 64.9 Å². The number of rotatable bonds is 6. The summed E-state index contributed by atoms with van der Waals surface area (Å²) in [7, 11) is 0. The van der Waals surface area contributed by atoms with Gasteiger partial charge in [-0.2, -0.15) is 0 Å². The SMILES string of the molecule is CCCC1CCC(CCC(=O)OCC)CC1O. The van der Waals surface area contributed by atoms with E-state index in [-0.39, 0.29) is 12.1 Å². The normalized spacial score (nSPS) is 29.0. The number of ether oxygens (including phenoxy) is 1. The molecule has 100 valence electrons. The number of esters is 1. The molecule has 1 N–H and O–H groups in total. The maximum atomic E-state index is 11.2. The van der Waals surface area contributed by atoms with E-state index in [1.54, 1.807) is 0 Å². The highest BCUT2D eigenvalue weighted by atomic mass is 16.5. The van der Waals surface area contributed by atoms with E-state index in [9.17, 15) is 9.90 Å². The summed E-state index contributed by atoms with van der Waals surface area (Å²) < 4.78 is 4.92. The Kier molecular flexibility index (Phi) is 6.56. The quantitative estimate of drug-likeness (QED) is 0.728. The average Bonchev–Trinajstić information content (AvgIpc) is 2.30. The third-order valence-corrected chi connectivity index (χ3v) is 3.79. The number of hydrogen-bond acceptors (Lipinski definition) is 3. The van der Waals surface area contributed by atoms with Gasteiger partial charge in [0.15, 0.2) is 0 Å². The number of carbonyl (C=O) groups excluding carboxylic acids is 1. The predicted octanol–water partition coefficient (Wildman–Crippen LogP) is 2.91. The first-order chi connectivity index (χ1) is 8.17. The van der Waals surface area contributed by atoms with Crippen molar-refractivity contribution in [2.24, 2.45) is 11.8 Å². The molecule has 3 atom stereocenters. The van der Waals surface area contributed by atoms with E-state index in [1.165, 1.54) is 0 Å². The molecular weight excluding hydrogens is 216 g/mol. The van der Waals surface area contributed by atoms with Gasteiger partial charge in [0.05, 0.1) is 12.7 Å². The van der Waals surface area contributed by atoms with Gasteiger partial charge >= 0.3 is 5.97 Å². The third-order valence-electron chi connectivity index (χ3n) is 3.79. The Morgan fingerprint density at radius 2 is 2.06 bits per heavy atom. The monoisotopic (exact) mass is 242 g/mol. The highest BCUT2D eigenvalue weighted by Gasteiger charge is 2.28. The van der Waals surface area contributed by atoms with Crippen LogP contribution in [0.15, 0.2) is 0 Å². The molecular formula is C14H26O3. The van der Waals surface area contributed by atoms with Crippen LogP contribution in [-0.4, -0.2) is 23.8 Å². The van der Waals surface area contributed by atoms with Gasteiger partial charge in [0.1, 0.15) is 0 Å². The zero-order valence-electron chi connectivity index (χ0n) is 11.2. The van der Waals surface area contributed by atoms with Crippen LogP contribution in [0.1, 0.15) is 58.8 Å². The Bertz CT molecular complexity index is 228. The molecule has 3 unspecified atom stereocenters. The van der Waals surface area contributed by atoms with E-state index in [1.807, 2.05) is 6.92 Å².